The summed E-state index contributed by atoms with van der Waals surface area (Å²) < 4.78 is 13.0. The molecule has 3 rings (SSSR count). The maximum Gasteiger partial charge on any atom is 0.238 e. The third-order valence-electron chi connectivity index (χ3n) is 4.02. The van der Waals surface area contributed by atoms with Gasteiger partial charge in [-0.25, -0.2) is 4.39 Å². The Labute approximate surface area is 129 Å². The van der Waals surface area contributed by atoms with Crippen molar-refractivity contribution in [3.05, 3.63) is 66.0 Å². The normalized spacial score (nSPS) is 18.3. The van der Waals surface area contributed by atoms with Gasteiger partial charge in [-0.1, -0.05) is 30.3 Å². The summed E-state index contributed by atoms with van der Waals surface area (Å²) in [6.45, 7) is 1.25. The number of nitrogens with zero attached hydrogens (tertiary/aromatic N) is 1. The van der Waals surface area contributed by atoms with Gasteiger partial charge >= 0.3 is 0 Å². The van der Waals surface area contributed by atoms with Crippen molar-refractivity contribution >= 4 is 11.6 Å². The lowest BCUT2D eigenvalue weighted by atomic mass is 10.0. The molecule has 1 saturated heterocycles. The van der Waals surface area contributed by atoms with Crippen LogP contribution in [0.5, 0.6) is 0 Å². The zero-order chi connectivity index (χ0) is 15.4. The van der Waals surface area contributed by atoms with Gasteiger partial charge in [-0.15, -0.1) is 0 Å². The largest absolute Gasteiger partial charge is 0.325 e. The maximum atomic E-state index is 13.0. The van der Waals surface area contributed by atoms with Crippen LogP contribution in [0.15, 0.2) is 54.6 Å². The third kappa shape index (κ3) is 3.52. The number of carbonyl (C=O) groups excluding carboxylic acids is 1. The lowest BCUT2D eigenvalue weighted by Crippen LogP contribution is -2.32. The second-order valence-electron chi connectivity index (χ2n) is 5.59. The number of para-hydroxylation sites is 1. The Hall–Kier alpha value is -2.20. The van der Waals surface area contributed by atoms with E-state index in [1.807, 2.05) is 42.5 Å². The number of hydrogen-bond donors (Lipinski definition) is 1. The van der Waals surface area contributed by atoms with Gasteiger partial charge in [0.15, 0.2) is 0 Å². The quantitative estimate of drug-likeness (QED) is 0.935. The summed E-state index contributed by atoms with van der Waals surface area (Å²) >= 11 is 0. The highest BCUT2D eigenvalue weighted by molar-refractivity contribution is 5.92. The lowest BCUT2D eigenvalue weighted by molar-refractivity contribution is -0.117. The molecule has 114 valence electrons. The van der Waals surface area contributed by atoms with Crippen molar-refractivity contribution in [1.82, 2.24) is 4.90 Å². The molecule has 1 fully saturated rings. The summed E-state index contributed by atoms with van der Waals surface area (Å²) in [6.07, 6.45) is 2.06. The molecule has 1 unspecified atom stereocenters. The molecule has 0 aliphatic carbocycles. The Kier molecular flexibility index (Phi) is 4.49. The fourth-order valence-electron chi connectivity index (χ4n) is 2.98. The minimum Gasteiger partial charge on any atom is -0.325 e. The zero-order valence-corrected chi connectivity index (χ0v) is 12.3. The number of hydrogen-bond acceptors (Lipinski definition) is 2. The Bertz CT molecular complexity index is 627. The SMILES string of the molecule is O=C(CN1CCCC1c1ccc(F)cc1)Nc1ccccc1. The van der Waals surface area contributed by atoms with Crippen molar-refractivity contribution in [3.8, 4) is 0 Å². The van der Waals surface area contributed by atoms with E-state index in [-0.39, 0.29) is 17.8 Å². The van der Waals surface area contributed by atoms with Crippen LogP contribution < -0.4 is 5.32 Å². The van der Waals surface area contributed by atoms with Gasteiger partial charge in [0.05, 0.1) is 6.54 Å². The van der Waals surface area contributed by atoms with Gasteiger partial charge in [0.2, 0.25) is 5.91 Å². The topological polar surface area (TPSA) is 32.3 Å². The van der Waals surface area contributed by atoms with Gasteiger partial charge in [0.1, 0.15) is 5.82 Å². The van der Waals surface area contributed by atoms with Crippen LogP contribution in [0, 0.1) is 5.82 Å². The van der Waals surface area contributed by atoms with Crippen LogP contribution >= 0.6 is 0 Å². The van der Waals surface area contributed by atoms with Crippen molar-refractivity contribution in [3.63, 3.8) is 0 Å². The summed E-state index contributed by atoms with van der Waals surface area (Å²) in [5.41, 5.74) is 1.89. The van der Waals surface area contributed by atoms with Crippen LogP contribution in [-0.4, -0.2) is 23.9 Å². The van der Waals surface area contributed by atoms with Crippen molar-refractivity contribution in [2.45, 2.75) is 18.9 Å². The molecule has 0 bridgehead atoms. The molecule has 1 aliphatic heterocycles. The molecule has 1 atom stereocenters. The van der Waals surface area contributed by atoms with E-state index in [4.69, 9.17) is 0 Å². The monoisotopic (exact) mass is 298 g/mol. The first kappa shape index (κ1) is 14.7. The fourth-order valence-corrected chi connectivity index (χ4v) is 2.98. The predicted molar refractivity (Wildman–Crippen MR) is 85.0 cm³/mol. The summed E-state index contributed by atoms with van der Waals surface area (Å²) in [4.78, 5) is 14.3. The number of benzene rings is 2. The van der Waals surface area contributed by atoms with E-state index in [0.29, 0.717) is 6.54 Å². The molecule has 1 aliphatic rings. The third-order valence-corrected chi connectivity index (χ3v) is 4.02. The first-order valence-corrected chi connectivity index (χ1v) is 7.57. The average Bonchev–Trinajstić information content (AvgIpc) is 2.97. The molecule has 0 aromatic heterocycles. The highest BCUT2D eigenvalue weighted by atomic mass is 19.1. The van der Waals surface area contributed by atoms with Crippen molar-refractivity contribution in [1.29, 1.82) is 0 Å². The molecule has 1 amide bonds. The standard InChI is InChI=1S/C18H19FN2O/c19-15-10-8-14(9-11-15)17-7-4-12-21(17)13-18(22)20-16-5-2-1-3-6-16/h1-3,5-6,8-11,17H,4,7,12-13H2,(H,20,22). The van der Waals surface area contributed by atoms with E-state index in [1.165, 1.54) is 12.1 Å². The van der Waals surface area contributed by atoms with Crippen molar-refractivity contribution in [2.24, 2.45) is 0 Å². The van der Waals surface area contributed by atoms with Gasteiger partial charge in [0, 0.05) is 11.7 Å². The Morgan fingerprint density at radius 3 is 2.59 bits per heavy atom. The molecule has 2 aromatic rings. The molecule has 0 saturated carbocycles. The summed E-state index contributed by atoms with van der Waals surface area (Å²) in [7, 11) is 0. The average molecular weight is 298 g/mol. The molecular formula is C18H19FN2O. The van der Waals surface area contributed by atoms with Gasteiger partial charge in [-0.2, -0.15) is 0 Å². The fraction of sp³-hybridized carbons (Fsp3) is 0.278. The lowest BCUT2D eigenvalue weighted by Gasteiger charge is -2.24. The summed E-state index contributed by atoms with van der Waals surface area (Å²) in [5.74, 6) is -0.240. The van der Waals surface area contributed by atoms with Crippen LogP contribution in [-0.2, 0) is 4.79 Å². The number of carbonyl (C=O) groups is 1. The minimum atomic E-state index is -0.227. The minimum absolute atomic E-state index is 0.0137. The zero-order valence-electron chi connectivity index (χ0n) is 12.3. The van der Waals surface area contributed by atoms with Crippen LogP contribution in [0.2, 0.25) is 0 Å². The maximum absolute atomic E-state index is 13.0. The number of rotatable bonds is 4. The van der Waals surface area contributed by atoms with Crippen LogP contribution in [0.1, 0.15) is 24.4 Å². The van der Waals surface area contributed by atoms with E-state index in [2.05, 4.69) is 10.2 Å². The molecule has 4 heteroatoms. The van der Waals surface area contributed by atoms with Crippen LogP contribution in [0.25, 0.3) is 0 Å². The molecule has 0 spiro atoms. The molecule has 1 heterocycles. The van der Waals surface area contributed by atoms with Crippen LogP contribution in [0.3, 0.4) is 0 Å². The van der Waals surface area contributed by atoms with E-state index in [1.54, 1.807) is 0 Å². The molecule has 0 radical (unpaired) electrons. The second-order valence-corrected chi connectivity index (χ2v) is 5.59. The van der Waals surface area contributed by atoms with Gasteiger partial charge in [-0.05, 0) is 49.2 Å². The second kappa shape index (κ2) is 6.71. The van der Waals surface area contributed by atoms with E-state index < -0.39 is 0 Å². The smallest absolute Gasteiger partial charge is 0.238 e. The van der Waals surface area contributed by atoms with Gasteiger partial charge in [0.25, 0.3) is 0 Å². The van der Waals surface area contributed by atoms with Crippen molar-refractivity contribution < 1.29 is 9.18 Å². The van der Waals surface area contributed by atoms with E-state index in [9.17, 15) is 9.18 Å². The van der Waals surface area contributed by atoms with Gasteiger partial charge < -0.3 is 5.32 Å². The number of amides is 1. The summed E-state index contributed by atoms with van der Waals surface area (Å²) in [6, 6.07) is 16.2. The molecule has 1 N–H and O–H groups in total. The highest BCUT2D eigenvalue weighted by Crippen LogP contribution is 2.31. The molecule has 22 heavy (non-hydrogen) atoms. The highest BCUT2D eigenvalue weighted by Gasteiger charge is 2.27. The van der Waals surface area contributed by atoms with E-state index in [0.717, 1.165) is 30.6 Å². The number of nitrogens with one attached hydrogen (secondary N) is 1. The molecular weight excluding hydrogens is 279 g/mol. The number of likely N-dealkylation sites (tertiary alicyclic amines) is 1. The number of anilines is 1. The Morgan fingerprint density at radius 1 is 1.14 bits per heavy atom. The van der Waals surface area contributed by atoms with Crippen LogP contribution in [0.4, 0.5) is 10.1 Å². The predicted octanol–water partition coefficient (Wildman–Crippen LogP) is 3.60. The van der Waals surface area contributed by atoms with Gasteiger partial charge in [-0.3, -0.25) is 9.69 Å². The Morgan fingerprint density at radius 2 is 1.86 bits per heavy atom. The summed E-state index contributed by atoms with van der Waals surface area (Å²) in [5, 5.41) is 2.91. The first-order valence-electron chi connectivity index (χ1n) is 7.57. The molecule has 2 aromatic carbocycles. The molecule has 3 nitrogen and oxygen atoms in total. The first-order chi connectivity index (χ1) is 10.7. The number of halogens is 1. The van der Waals surface area contributed by atoms with E-state index >= 15 is 0 Å². The van der Waals surface area contributed by atoms with Crippen molar-refractivity contribution in [2.75, 3.05) is 18.4 Å². The Balaban J connectivity index is 1.63.